The lowest BCUT2D eigenvalue weighted by atomic mass is 10.1. The Morgan fingerprint density at radius 1 is 1.30 bits per heavy atom. The molecule has 1 saturated heterocycles. The van der Waals surface area contributed by atoms with Crippen LogP contribution in [0.2, 0.25) is 0 Å². The van der Waals surface area contributed by atoms with Crippen LogP contribution in [0, 0.1) is 0 Å². The number of hydrogen-bond donors (Lipinski definition) is 2. The summed E-state index contributed by atoms with van der Waals surface area (Å²) in [5.41, 5.74) is 0.971. The SMILES string of the molecule is CNCc1cccc(S(=O)(=O)NC2CCN(C)CC2)c1. The lowest BCUT2D eigenvalue weighted by Crippen LogP contribution is -2.43. The summed E-state index contributed by atoms with van der Waals surface area (Å²) in [5.74, 6) is 0. The van der Waals surface area contributed by atoms with Crippen LogP contribution >= 0.6 is 0 Å². The number of sulfonamides is 1. The van der Waals surface area contributed by atoms with Crippen LogP contribution in [0.25, 0.3) is 0 Å². The highest BCUT2D eigenvalue weighted by Gasteiger charge is 2.23. The van der Waals surface area contributed by atoms with E-state index < -0.39 is 10.0 Å². The highest BCUT2D eigenvalue weighted by Crippen LogP contribution is 2.15. The molecule has 1 aliphatic rings. The van der Waals surface area contributed by atoms with Gasteiger partial charge < -0.3 is 10.2 Å². The van der Waals surface area contributed by atoms with Gasteiger partial charge in [0.1, 0.15) is 0 Å². The van der Waals surface area contributed by atoms with Crippen molar-refractivity contribution in [3.63, 3.8) is 0 Å². The average molecular weight is 297 g/mol. The van der Waals surface area contributed by atoms with Crippen molar-refractivity contribution in [3.8, 4) is 0 Å². The van der Waals surface area contributed by atoms with Crippen LogP contribution in [-0.2, 0) is 16.6 Å². The number of likely N-dealkylation sites (tertiary alicyclic amines) is 1. The van der Waals surface area contributed by atoms with Crippen molar-refractivity contribution in [1.29, 1.82) is 0 Å². The molecule has 1 aromatic carbocycles. The maximum atomic E-state index is 12.4. The van der Waals surface area contributed by atoms with Crippen LogP contribution in [0.5, 0.6) is 0 Å². The summed E-state index contributed by atoms with van der Waals surface area (Å²) in [5, 5.41) is 3.03. The average Bonchev–Trinajstić information content (AvgIpc) is 2.42. The predicted molar refractivity (Wildman–Crippen MR) is 80.0 cm³/mol. The van der Waals surface area contributed by atoms with E-state index in [2.05, 4.69) is 22.0 Å². The standard InChI is InChI=1S/C14H23N3O2S/c1-15-11-12-4-3-5-14(10-12)20(18,19)16-13-6-8-17(2)9-7-13/h3-5,10,13,15-16H,6-9,11H2,1-2H3. The molecule has 0 spiro atoms. The van der Waals surface area contributed by atoms with Crippen molar-refractivity contribution in [2.45, 2.75) is 30.3 Å². The van der Waals surface area contributed by atoms with Crippen LogP contribution in [0.4, 0.5) is 0 Å². The van der Waals surface area contributed by atoms with Gasteiger partial charge in [0, 0.05) is 12.6 Å². The predicted octanol–water partition coefficient (Wildman–Crippen LogP) is 0.779. The fraction of sp³-hybridized carbons (Fsp3) is 0.571. The quantitative estimate of drug-likeness (QED) is 0.843. The molecule has 112 valence electrons. The van der Waals surface area contributed by atoms with E-state index in [1.165, 1.54) is 0 Å². The Morgan fingerprint density at radius 3 is 2.65 bits per heavy atom. The van der Waals surface area contributed by atoms with Gasteiger partial charge >= 0.3 is 0 Å². The molecule has 0 amide bonds. The Labute approximate surface area is 121 Å². The van der Waals surface area contributed by atoms with Gasteiger partial charge in [-0.05, 0) is 57.7 Å². The Bertz CT molecular complexity index is 537. The second-order valence-corrected chi connectivity index (χ2v) is 7.09. The summed E-state index contributed by atoms with van der Waals surface area (Å²) in [4.78, 5) is 2.57. The smallest absolute Gasteiger partial charge is 0.240 e. The number of hydrogen-bond acceptors (Lipinski definition) is 4. The molecular weight excluding hydrogens is 274 g/mol. The Hall–Kier alpha value is -0.950. The molecule has 1 aromatic rings. The first-order valence-corrected chi connectivity index (χ1v) is 8.44. The number of rotatable bonds is 5. The summed E-state index contributed by atoms with van der Waals surface area (Å²) in [6.45, 7) is 2.54. The minimum Gasteiger partial charge on any atom is -0.316 e. The summed E-state index contributed by atoms with van der Waals surface area (Å²) in [6, 6.07) is 7.13. The first-order valence-electron chi connectivity index (χ1n) is 6.95. The Balaban J connectivity index is 2.08. The highest BCUT2D eigenvalue weighted by molar-refractivity contribution is 7.89. The molecule has 5 nitrogen and oxygen atoms in total. The first kappa shape index (κ1) is 15.4. The molecule has 2 N–H and O–H groups in total. The van der Waals surface area contributed by atoms with E-state index in [4.69, 9.17) is 0 Å². The summed E-state index contributed by atoms with van der Waals surface area (Å²) in [6.07, 6.45) is 1.73. The van der Waals surface area contributed by atoms with Crippen molar-refractivity contribution in [2.24, 2.45) is 0 Å². The highest BCUT2D eigenvalue weighted by atomic mass is 32.2. The molecular formula is C14H23N3O2S. The van der Waals surface area contributed by atoms with E-state index in [0.29, 0.717) is 11.4 Å². The van der Waals surface area contributed by atoms with Crippen molar-refractivity contribution >= 4 is 10.0 Å². The summed E-state index contributed by atoms with van der Waals surface area (Å²) in [7, 11) is 0.492. The van der Waals surface area contributed by atoms with Gasteiger partial charge in [0.15, 0.2) is 0 Å². The number of nitrogens with zero attached hydrogens (tertiary/aromatic N) is 1. The topological polar surface area (TPSA) is 61.4 Å². The summed E-state index contributed by atoms with van der Waals surface area (Å²) < 4.78 is 27.6. The largest absolute Gasteiger partial charge is 0.316 e. The molecule has 1 fully saturated rings. The molecule has 0 aliphatic carbocycles. The Kier molecular flexibility index (Phi) is 5.15. The molecule has 1 heterocycles. The van der Waals surface area contributed by atoms with Crippen LogP contribution in [0.15, 0.2) is 29.2 Å². The zero-order valence-corrected chi connectivity index (χ0v) is 12.9. The minimum absolute atomic E-state index is 0.0455. The second-order valence-electron chi connectivity index (χ2n) is 5.38. The van der Waals surface area contributed by atoms with Gasteiger partial charge in [-0.3, -0.25) is 0 Å². The second kappa shape index (κ2) is 6.67. The van der Waals surface area contributed by atoms with E-state index in [1.807, 2.05) is 13.1 Å². The van der Waals surface area contributed by atoms with Crippen molar-refractivity contribution < 1.29 is 8.42 Å². The molecule has 20 heavy (non-hydrogen) atoms. The van der Waals surface area contributed by atoms with Gasteiger partial charge in [0.25, 0.3) is 0 Å². The normalized spacial score (nSPS) is 18.3. The van der Waals surface area contributed by atoms with Gasteiger partial charge in [-0.2, -0.15) is 0 Å². The maximum absolute atomic E-state index is 12.4. The Morgan fingerprint density at radius 2 is 2.00 bits per heavy atom. The van der Waals surface area contributed by atoms with Gasteiger partial charge in [-0.1, -0.05) is 12.1 Å². The molecule has 0 radical (unpaired) electrons. The third kappa shape index (κ3) is 4.02. The third-order valence-corrected chi connectivity index (χ3v) is 5.15. The zero-order valence-electron chi connectivity index (χ0n) is 12.1. The molecule has 0 atom stereocenters. The van der Waals surface area contributed by atoms with E-state index in [1.54, 1.807) is 18.2 Å². The molecule has 1 aliphatic heterocycles. The van der Waals surface area contributed by atoms with Crippen molar-refractivity contribution in [3.05, 3.63) is 29.8 Å². The molecule has 2 rings (SSSR count). The van der Waals surface area contributed by atoms with Crippen LogP contribution < -0.4 is 10.0 Å². The van der Waals surface area contributed by atoms with Crippen LogP contribution in [0.1, 0.15) is 18.4 Å². The molecule has 0 unspecified atom stereocenters. The minimum atomic E-state index is -3.41. The number of benzene rings is 1. The molecule has 0 saturated carbocycles. The lowest BCUT2D eigenvalue weighted by Gasteiger charge is -2.29. The maximum Gasteiger partial charge on any atom is 0.240 e. The molecule has 0 bridgehead atoms. The van der Waals surface area contributed by atoms with Crippen LogP contribution in [-0.4, -0.2) is 46.5 Å². The van der Waals surface area contributed by atoms with Gasteiger partial charge in [-0.25, -0.2) is 13.1 Å². The lowest BCUT2D eigenvalue weighted by molar-refractivity contribution is 0.248. The van der Waals surface area contributed by atoms with Gasteiger partial charge in [0.05, 0.1) is 4.90 Å². The zero-order chi connectivity index (χ0) is 14.6. The van der Waals surface area contributed by atoms with Gasteiger partial charge in [0.2, 0.25) is 10.0 Å². The van der Waals surface area contributed by atoms with E-state index in [-0.39, 0.29) is 6.04 Å². The molecule has 6 heteroatoms. The summed E-state index contributed by atoms with van der Waals surface area (Å²) >= 11 is 0. The first-order chi connectivity index (χ1) is 9.51. The van der Waals surface area contributed by atoms with E-state index in [0.717, 1.165) is 31.5 Å². The molecule has 0 aromatic heterocycles. The third-order valence-electron chi connectivity index (χ3n) is 3.63. The number of piperidine rings is 1. The van der Waals surface area contributed by atoms with Crippen molar-refractivity contribution in [2.75, 3.05) is 27.2 Å². The fourth-order valence-electron chi connectivity index (χ4n) is 2.44. The fourth-order valence-corrected chi connectivity index (χ4v) is 3.82. The van der Waals surface area contributed by atoms with Crippen LogP contribution in [0.3, 0.4) is 0 Å². The van der Waals surface area contributed by atoms with E-state index in [9.17, 15) is 8.42 Å². The monoisotopic (exact) mass is 297 g/mol. The number of nitrogens with one attached hydrogen (secondary N) is 2. The van der Waals surface area contributed by atoms with E-state index >= 15 is 0 Å². The van der Waals surface area contributed by atoms with Crippen molar-refractivity contribution in [1.82, 2.24) is 14.9 Å². The van der Waals surface area contributed by atoms with Gasteiger partial charge in [-0.15, -0.1) is 0 Å².